The monoisotopic (exact) mass is 494 g/mol. The van der Waals surface area contributed by atoms with Crippen LogP contribution in [0.25, 0.3) is 6.08 Å². The largest absolute Gasteiger partial charge is 0.493 e. The standard InChI is InChI=1S/C23H21F3N2O5S/c1-4-12(2)33-16-8-5-13(9-17(16)32-3)10-18-22(30)28(23(31)34-18)11-19(29)27-15-7-6-14(24)20(25)21(15)26/h5-10,12H,4,11H2,1-3H3,(H,27,29)/b18-10-/t12-/m1/s1. The van der Waals surface area contributed by atoms with Gasteiger partial charge in [-0.2, -0.15) is 0 Å². The van der Waals surface area contributed by atoms with Crippen molar-refractivity contribution in [3.8, 4) is 11.5 Å². The van der Waals surface area contributed by atoms with Crippen molar-refractivity contribution in [2.45, 2.75) is 26.4 Å². The number of halogens is 3. The van der Waals surface area contributed by atoms with E-state index in [1.165, 1.54) is 13.2 Å². The average Bonchev–Trinajstić information content (AvgIpc) is 3.07. The smallest absolute Gasteiger partial charge is 0.294 e. The first-order valence-corrected chi connectivity index (χ1v) is 11.0. The molecular formula is C23H21F3N2O5S. The number of benzene rings is 2. The minimum atomic E-state index is -1.75. The molecule has 180 valence electrons. The molecule has 0 radical (unpaired) electrons. The first-order valence-electron chi connectivity index (χ1n) is 10.2. The molecule has 1 aliphatic heterocycles. The van der Waals surface area contributed by atoms with Crippen LogP contribution in [-0.4, -0.2) is 41.7 Å². The van der Waals surface area contributed by atoms with Crippen molar-refractivity contribution in [2.24, 2.45) is 0 Å². The van der Waals surface area contributed by atoms with Crippen molar-refractivity contribution in [1.29, 1.82) is 0 Å². The highest BCUT2D eigenvalue weighted by Gasteiger charge is 2.36. The van der Waals surface area contributed by atoms with E-state index < -0.39 is 46.7 Å². The molecule has 2 aromatic rings. The Morgan fingerprint density at radius 2 is 1.88 bits per heavy atom. The van der Waals surface area contributed by atoms with Crippen LogP contribution in [-0.2, 0) is 9.59 Å². The number of imide groups is 1. The van der Waals surface area contributed by atoms with E-state index in [1.807, 2.05) is 19.2 Å². The average molecular weight is 494 g/mol. The molecule has 3 amide bonds. The zero-order valence-corrected chi connectivity index (χ0v) is 19.3. The number of hydrogen-bond acceptors (Lipinski definition) is 6. The Morgan fingerprint density at radius 1 is 1.15 bits per heavy atom. The lowest BCUT2D eigenvalue weighted by molar-refractivity contribution is -0.127. The Morgan fingerprint density at radius 3 is 2.56 bits per heavy atom. The number of hydrogen-bond donors (Lipinski definition) is 1. The summed E-state index contributed by atoms with van der Waals surface area (Å²) >= 11 is 0.627. The van der Waals surface area contributed by atoms with Gasteiger partial charge in [-0.05, 0) is 61.0 Å². The van der Waals surface area contributed by atoms with Gasteiger partial charge in [0.05, 0.1) is 23.8 Å². The molecule has 11 heteroatoms. The summed E-state index contributed by atoms with van der Waals surface area (Å²) in [5, 5.41) is 1.32. The van der Waals surface area contributed by atoms with Gasteiger partial charge in [0, 0.05) is 0 Å². The summed E-state index contributed by atoms with van der Waals surface area (Å²) in [6.45, 7) is 3.17. The Bertz CT molecular complexity index is 1170. The first-order chi connectivity index (χ1) is 16.1. The highest BCUT2D eigenvalue weighted by molar-refractivity contribution is 8.18. The number of amides is 3. The lowest BCUT2D eigenvalue weighted by atomic mass is 10.1. The van der Waals surface area contributed by atoms with E-state index >= 15 is 0 Å². The van der Waals surface area contributed by atoms with E-state index in [1.54, 1.807) is 18.2 Å². The third-order valence-electron chi connectivity index (χ3n) is 4.87. The van der Waals surface area contributed by atoms with Crippen molar-refractivity contribution in [1.82, 2.24) is 4.90 Å². The van der Waals surface area contributed by atoms with Gasteiger partial charge < -0.3 is 14.8 Å². The second-order valence-corrected chi connectivity index (χ2v) is 8.28. The molecular weight excluding hydrogens is 473 g/mol. The van der Waals surface area contributed by atoms with E-state index in [4.69, 9.17) is 9.47 Å². The molecule has 1 saturated heterocycles. The Labute approximate surface area is 197 Å². The molecule has 0 bridgehead atoms. The van der Waals surface area contributed by atoms with Gasteiger partial charge in [0.1, 0.15) is 6.54 Å². The molecule has 1 fully saturated rings. The zero-order chi connectivity index (χ0) is 25.0. The van der Waals surface area contributed by atoms with Crippen LogP contribution >= 0.6 is 11.8 Å². The van der Waals surface area contributed by atoms with Gasteiger partial charge in [0.25, 0.3) is 11.1 Å². The Hall–Kier alpha value is -3.47. The summed E-state index contributed by atoms with van der Waals surface area (Å²) < 4.78 is 51.3. The van der Waals surface area contributed by atoms with Crippen molar-refractivity contribution >= 4 is 40.6 Å². The fraction of sp³-hybridized carbons (Fsp3) is 0.261. The second kappa shape index (κ2) is 10.6. The maximum absolute atomic E-state index is 13.8. The minimum absolute atomic E-state index is 0.0257. The van der Waals surface area contributed by atoms with Crippen LogP contribution in [0.1, 0.15) is 25.8 Å². The number of rotatable bonds is 8. The summed E-state index contributed by atoms with van der Waals surface area (Å²) in [6.07, 6.45) is 2.24. The molecule has 2 aromatic carbocycles. The van der Waals surface area contributed by atoms with Gasteiger partial charge in [0.2, 0.25) is 5.91 Å². The molecule has 1 aliphatic rings. The quantitative estimate of drug-likeness (QED) is 0.412. The van der Waals surface area contributed by atoms with Crippen LogP contribution in [0.5, 0.6) is 11.5 Å². The number of carbonyl (C=O) groups excluding carboxylic acids is 3. The lowest BCUT2D eigenvalue weighted by Crippen LogP contribution is -2.36. The van der Waals surface area contributed by atoms with Gasteiger partial charge in [-0.15, -0.1) is 0 Å². The summed E-state index contributed by atoms with van der Waals surface area (Å²) in [5.41, 5.74) is -0.0506. The fourth-order valence-electron chi connectivity index (χ4n) is 2.91. The number of methoxy groups -OCH3 is 1. The third-order valence-corrected chi connectivity index (χ3v) is 5.78. The molecule has 34 heavy (non-hydrogen) atoms. The van der Waals surface area contributed by atoms with Gasteiger partial charge in [-0.25, -0.2) is 13.2 Å². The molecule has 3 rings (SSSR count). The Kier molecular flexibility index (Phi) is 7.87. The van der Waals surface area contributed by atoms with Crippen LogP contribution in [0.2, 0.25) is 0 Å². The van der Waals surface area contributed by atoms with Crippen LogP contribution < -0.4 is 14.8 Å². The summed E-state index contributed by atoms with van der Waals surface area (Å²) in [4.78, 5) is 37.9. The molecule has 0 spiro atoms. The number of nitrogens with one attached hydrogen (secondary N) is 1. The molecule has 0 saturated carbocycles. The highest BCUT2D eigenvalue weighted by atomic mass is 32.2. The third kappa shape index (κ3) is 5.53. The van der Waals surface area contributed by atoms with E-state index in [2.05, 4.69) is 0 Å². The number of anilines is 1. The Balaban J connectivity index is 1.73. The van der Waals surface area contributed by atoms with Gasteiger partial charge >= 0.3 is 0 Å². The number of ether oxygens (including phenoxy) is 2. The van der Waals surface area contributed by atoms with Crippen LogP contribution in [0, 0.1) is 17.5 Å². The van der Waals surface area contributed by atoms with E-state index in [-0.39, 0.29) is 11.0 Å². The molecule has 0 unspecified atom stereocenters. The number of thioether (sulfide) groups is 1. The van der Waals surface area contributed by atoms with Gasteiger partial charge in [-0.1, -0.05) is 13.0 Å². The van der Waals surface area contributed by atoms with Gasteiger partial charge in [-0.3, -0.25) is 19.3 Å². The summed E-state index contributed by atoms with van der Waals surface area (Å²) in [6, 6.07) is 6.49. The first kappa shape index (κ1) is 25.2. The predicted octanol–water partition coefficient (Wildman–Crippen LogP) is 4.96. The predicted molar refractivity (Wildman–Crippen MR) is 121 cm³/mol. The van der Waals surface area contributed by atoms with Crippen LogP contribution in [0.15, 0.2) is 35.2 Å². The fourth-order valence-corrected chi connectivity index (χ4v) is 3.75. The van der Waals surface area contributed by atoms with Crippen molar-refractivity contribution in [3.63, 3.8) is 0 Å². The van der Waals surface area contributed by atoms with Crippen LogP contribution in [0.4, 0.5) is 23.7 Å². The maximum atomic E-state index is 13.8. The topological polar surface area (TPSA) is 84.9 Å². The van der Waals surface area contributed by atoms with E-state index in [9.17, 15) is 27.6 Å². The minimum Gasteiger partial charge on any atom is -0.493 e. The normalized spacial score (nSPS) is 15.6. The molecule has 0 aliphatic carbocycles. The molecule has 0 aromatic heterocycles. The molecule has 1 heterocycles. The van der Waals surface area contributed by atoms with Crippen molar-refractivity contribution < 1.29 is 37.0 Å². The molecule has 7 nitrogen and oxygen atoms in total. The van der Waals surface area contributed by atoms with Crippen molar-refractivity contribution in [3.05, 3.63) is 58.3 Å². The number of carbonyl (C=O) groups is 3. The molecule has 1 atom stereocenters. The maximum Gasteiger partial charge on any atom is 0.294 e. The van der Waals surface area contributed by atoms with Crippen LogP contribution in [0.3, 0.4) is 0 Å². The van der Waals surface area contributed by atoms with E-state index in [0.29, 0.717) is 39.8 Å². The summed E-state index contributed by atoms with van der Waals surface area (Å²) in [7, 11) is 1.48. The SMILES string of the molecule is CC[C@@H](C)Oc1ccc(/C=C2\SC(=O)N(CC(=O)Nc3ccc(F)c(F)c3F)C2=O)cc1OC. The van der Waals surface area contributed by atoms with Gasteiger partial charge in [0.15, 0.2) is 29.0 Å². The number of nitrogens with zero attached hydrogens (tertiary/aromatic N) is 1. The van der Waals surface area contributed by atoms with E-state index in [0.717, 1.165) is 12.5 Å². The highest BCUT2D eigenvalue weighted by Crippen LogP contribution is 2.35. The zero-order valence-electron chi connectivity index (χ0n) is 18.5. The molecule has 1 N–H and O–H groups in total. The van der Waals surface area contributed by atoms with Crippen molar-refractivity contribution in [2.75, 3.05) is 19.0 Å². The summed E-state index contributed by atoms with van der Waals surface area (Å²) in [5.74, 6) is -5.46. The lowest BCUT2D eigenvalue weighted by Gasteiger charge is -2.15. The second-order valence-electron chi connectivity index (χ2n) is 7.29.